The maximum atomic E-state index is 13.2. The van der Waals surface area contributed by atoms with Crippen LogP contribution in [0.3, 0.4) is 0 Å². The van der Waals surface area contributed by atoms with E-state index in [4.69, 9.17) is 18.9 Å². The van der Waals surface area contributed by atoms with Crippen LogP contribution in [0.25, 0.3) is 10.9 Å². The van der Waals surface area contributed by atoms with Gasteiger partial charge < -0.3 is 33.6 Å². The maximum Gasteiger partial charge on any atom is 0.246 e. The third-order valence-electron chi connectivity index (χ3n) is 20.3. The van der Waals surface area contributed by atoms with Crippen LogP contribution >= 0.6 is 0 Å². The molecule has 6 fully saturated rings. The smallest absolute Gasteiger partial charge is 0.246 e. The van der Waals surface area contributed by atoms with E-state index in [1.807, 2.05) is 42.5 Å². The first-order chi connectivity index (χ1) is 49.2. The van der Waals surface area contributed by atoms with Gasteiger partial charge in [0, 0.05) is 145 Å². The second-order valence-corrected chi connectivity index (χ2v) is 33.5. The number of rotatable bonds is 22. The molecule has 3 aliphatic heterocycles. The normalized spacial score (nSPS) is 22.2. The van der Waals surface area contributed by atoms with Gasteiger partial charge in [0.05, 0.1) is 54.2 Å². The summed E-state index contributed by atoms with van der Waals surface area (Å²) in [6, 6.07) is 40.2. The van der Waals surface area contributed by atoms with Gasteiger partial charge >= 0.3 is 0 Å². The minimum absolute atomic E-state index is 0.00203. The summed E-state index contributed by atoms with van der Waals surface area (Å²) < 4.78 is 109. The van der Waals surface area contributed by atoms with Crippen LogP contribution in [0.2, 0.25) is 0 Å². The Morgan fingerprint density at radius 1 is 0.373 bits per heavy atom. The third-order valence-corrected chi connectivity index (χ3v) is 24.9. The van der Waals surface area contributed by atoms with Crippen LogP contribution in [0.5, 0.6) is 23.0 Å². The number of ether oxygens (including phenoxy) is 4. The molecule has 13 rings (SSSR count). The molecule has 22 nitrogen and oxygen atoms in total. The summed E-state index contributed by atoms with van der Waals surface area (Å²) >= 11 is 0. The number of methoxy groups -OCH3 is 1. The van der Waals surface area contributed by atoms with Crippen LogP contribution in [-0.2, 0) is 30.1 Å². The van der Waals surface area contributed by atoms with Crippen molar-refractivity contribution in [3.05, 3.63) is 152 Å². The summed E-state index contributed by atoms with van der Waals surface area (Å²) in [5.41, 5.74) is 4.04. The van der Waals surface area contributed by atoms with Gasteiger partial charge in [-0.1, -0.05) is 54.6 Å². The number of aromatic nitrogens is 3. The highest BCUT2D eigenvalue weighted by atomic mass is 32.2. The molecule has 25 heteroatoms. The molecule has 3 aliphatic carbocycles. The first-order valence-electron chi connectivity index (χ1n) is 36.7. The summed E-state index contributed by atoms with van der Waals surface area (Å²) in [5.74, 6) is 3.17. The molecule has 7 aromatic rings. The van der Waals surface area contributed by atoms with Gasteiger partial charge in [0.15, 0.2) is 0 Å². The Hall–Kier alpha value is -7.20. The Morgan fingerprint density at radius 2 is 0.745 bits per heavy atom. The first-order valence-corrected chi connectivity index (χ1v) is 41.2. The lowest BCUT2D eigenvalue weighted by Crippen LogP contribution is -2.52. The second kappa shape index (κ2) is 35.5. The van der Waals surface area contributed by atoms with Crippen LogP contribution in [-0.4, -0.2) is 195 Å². The van der Waals surface area contributed by atoms with Gasteiger partial charge in [0.1, 0.15) is 37.7 Å². The van der Waals surface area contributed by atoms with Gasteiger partial charge in [-0.2, -0.15) is 0 Å². The maximum absolute atomic E-state index is 13.2. The molecule has 0 atom stereocenters. The fraction of sp³-hybridized carbons (Fsp3) is 0.519. The number of nitrogens with one attached hydrogen (secondary N) is 3. The Bertz CT molecular complexity index is 4130. The number of para-hydroxylation sites is 7. The predicted molar refractivity (Wildman–Crippen MR) is 404 cm³/mol. The van der Waals surface area contributed by atoms with Crippen LogP contribution in [0.4, 0.5) is 17.1 Å². The summed E-state index contributed by atoms with van der Waals surface area (Å²) in [6.07, 6.45) is 19.1. The number of fused-ring (bicyclic) bond motifs is 1. The topological polar surface area (TPSA) is 234 Å². The van der Waals surface area contributed by atoms with E-state index in [1.165, 1.54) is 42.8 Å². The monoisotopic (exact) mass is 1450 g/mol. The lowest BCUT2D eigenvalue weighted by Gasteiger charge is -2.43. The van der Waals surface area contributed by atoms with Crippen molar-refractivity contribution in [2.24, 2.45) is 0 Å². The lowest BCUT2D eigenvalue weighted by atomic mass is 9.90. The van der Waals surface area contributed by atoms with E-state index in [-0.39, 0.29) is 51.1 Å². The molecule has 0 radical (unpaired) electrons. The van der Waals surface area contributed by atoms with Gasteiger partial charge in [-0.25, -0.2) is 39.4 Å². The van der Waals surface area contributed by atoms with E-state index in [9.17, 15) is 25.3 Å². The third kappa shape index (κ3) is 20.2. The number of hydrogen-bond acceptors (Lipinski definition) is 19. The molecular formula is C77H106N12O10S3. The quantitative estimate of drug-likeness (QED) is 0.0572. The molecule has 3 aromatic heterocycles. The summed E-state index contributed by atoms with van der Waals surface area (Å²) in [7, 11) is -9.32. The minimum atomic E-state index is -3.67. The molecule has 0 bridgehead atoms. The number of sulfonamides is 3. The van der Waals surface area contributed by atoms with E-state index in [1.54, 1.807) is 42.7 Å². The van der Waals surface area contributed by atoms with Crippen molar-refractivity contribution in [2.45, 2.75) is 188 Å². The molecule has 3 saturated carbocycles. The Labute approximate surface area is 606 Å². The van der Waals surface area contributed by atoms with E-state index in [2.05, 4.69) is 149 Å². The van der Waals surface area contributed by atoms with E-state index < -0.39 is 30.1 Å². The molecule has 552 valence electrons. The number of hydrogen-bond donors (Lipinski definition) is 3. The highest BCUT2D eigenvalue weighted by molar-refractivity contribution is 7.90. The molecule has 6 aliphatic rings. The second-order valence-electron chi connectivity index (χ2n) is 28.4. The molecule has 3 N–H and O–H groups in total. The SMILES string of the molecule is CC(C)Oc1ccccc1N1CCN(C2CCC(NS(=O)(=O)c3cccc4cccnc34)CC2)CC1.CC(C)Oc1ccccc1N1CCN(C2CCC(NS(=O)(=O)c3cccnc3)CC2)CC1.COc1ccncc1S(=O)(=O)NC1CCC(N2CCN(c3ccccc3OC(C)C)CC2)CC1. The number of anilines is 3. The fourth-order valence-corrected chi connectivity index (χ4v) is 19.4. The largest absolute Gasteiger partial charge is 0.495 e. The minimum Gasteiger partial charge on any atom is -0.495 e. The Balaban J connectivity index is 0.000000154. The van der Waals surface area contributed by atoms with Crippen molar-refractivity contribution in [3.8, 4) is 23.0 Å². The standard InChI is InChI=1S/C28H36N4O3S.C25H36N4O4S.C24H34N4O3S/c1-21(2)35-26-10-4-3-9-25(26)32-19-17-31(18-20-32)24-14-12-23(13-15-24)30-36(33,34)27-11-5-7-22-8-6-16-29-28(22)27;1-19(2)33-23-7-5-4-6-22(23)29-16-14-28(15-17-29)21-10-8-20(9-11-21)27-34(30,31)25-18-26-13-12-24(25)32-3;1-19(2)31-24-8-4-3-7-23(24)28-16-14-27(15-17-28)21-11-9-20(10-12-21)26-32(29,30)22-6-5-13-25-18-22/h3-11,16,21,23-24,30H,12-15,17-20H2,1-2H3;4-7,12-13,18-21,27H,8-11,14-17H2,1-3H3;3-8,13,18-21,26H,9-12,14-17H2,1-2H3. The van der Waals surface area contributed by atoms with Crippen LogP contribution in [0.1, 0.15) is 119 Å². The summed E-state index contributed by atoms with van der Waals surface area (Å²) in [5, 5.41) is 0.835. The summed E-state index contributed by atoms with van der Waals surface area (Å²) in [6.45, 7) is 24.2. The number of pyridine rings is 3. The van der Waals surface area contributed by atoms with Crippen molar-refractivity contribution in [1.29, 1.82) is 0 Å². The van der Waals surface area contributed by atoms with Crippen LogP contribution < -0.4 is 47.8 Å². The van der Waals surface area contributed by atoms with Crippen LogP contribution in [0, 0.1) is 0 Å². The molecule has 3 saturated heterocycles. The Morgan fingerprint density at radius 3 is 1.14 bits per heavy atom. The number of benzene rings is 4. The van der Waals surface area contributed by atoms with Crippen molar-refractivity contribution in [3.63, 3.8) is 0 Å². The summed E-state index contributed by atoms with van der Waals surface area (Å²) in [4.78, 5) is 27.8. The zero-order valence-electron chi connectivity index (χ0n) is 60.4. The van der Waals surface area contributed by atoms with Crippen molar-refractivity contribution in [1.82, 2.24) is 43.8 Å². The Kier molecular flexibility index (Phi) is 26.4. The molecule has 4 aromatic carbocycles. The van der Waals surface area contributed by atoms with Crippen molar-refractivity contribution < 1.29 is 44.2 Å². The molecule has 0 amide bonds. The zero-order valence-corrected chi connectivity index (χ0v) is 62.9. The molecule has 0 spiro atoms. The highest BCUT2D eigenvalue weighted by Gasteiger charge is 2.36. The van der Waals surface area contributed by atoms with Crippen molar-refractivity contribution >= 4 is 58.0 Å². The average molecular weight is 1460 g/mol. The zero-order chi connectivity index (χ0) is 71.8. The van der Waals surface area contributed by atoms with Gasteiger partial charge in [0.2, 0.25) is 30.1 Å². The van der Waals surface area contributed by atoms with E-state index in [0.717, 1.165) is 178 Å². The number of nitrogens with zero attached hydrogens (tertiary/aromatic N) is 9. The van der Waals surface area contributed by atoms with Gasteiger partial charge in [-0.3, -0.25) is 29.7 Å². The van der Waals surface area contributed by atoms with Crippen molar-refractivity contribution in [2.75, 3.05) is 100 Å². The van der Waals surface area contributed by atoms with Gasteiger partial charge in [-0.05, 0) is 185 Å². The molecule has 0 unspecified atom stereocenters. The lowest BCUT2D eigenvalue weighted by molar-refractivity contribution is 0.139. The fourth-order valence-electron chi connectivity index (χ4n) is 15.3. The van der Waals surface area contributed by atoms with E-state index >= 15 is 0 Å². The van der Waals surface area contributed by atoms with Gasteiger partial charge in [-0.15, -0.1) is 0 Å². The molecular weight excluding hydrogens is 1350 g/mol. The molecule has 6 heterocycles. The van der Waals surface area contributed by atoms with Gasteiger partial charge in [0.25, 0.3) is 0 Å². The first kappa shape index (κ1) is 75.9. The number of piperazine rings is 3. The van der Waals surface area contributed by atoms with Crippen LogP contribution in [0.15, 0.2) is 167 Å². The molecule has 102 heavy (non-hydrogen) atoms. The van der Waals surface area contributed by atoms with E-state index in [0.29, 0.717) is 29.4 Å². The highest BCUT2D eigenvalue weighted by Crippen LogP contribution is 2.36. The average Bonchev–Trinajstić information content (AvgIpc) is 0.847. The predicted octanol–water partition coefficient (Wildman–Crippen LogP) is 11.0.